The first-order valence-corrected chi connectivity index (χ1v) is 7.46. The molecule has 2 rings (SSSR count). The highest BCUT2D eigenvalue weighted by atomic mass is 16.2. The summed E-state index contributed by atoms with van der Waals surface area (Å²) in [6.07, 6.45) is 7.60. The second-order valence-corrected chi connectivity index (χ2v) is 5.12. The monoisotopic (exact) mass is 312 g/mol. The van der Waals surface area contributed by atoms with Crippen molar-refractivity contribution in [2.75, 3.05) is 10.6 Å². The number of carbonyl (C=O) groups excluding carboxylic acids is 2. The van der Waals surface area contributed by atoms with Crippen LogP contribution in [0.4, 0.5) is 11.4 Å². The van der Waals surface area contributed by atoms with Gasteiger partial charge in [-0.2, -0.15) is 5.10 Å². The maximum absolute atomic E-state index is 11.9. The number of amides is 2. The van der Waals surface area contributed by atoms with E-state index in [1.54, 1.807) is 35.3 Å². The Morgan fingerprint density at radius 1 is 1.17 bits per heavy atom. The highest BCUT2D eigenvalue weighted by Gasteiger charge is 2.01. The molecule has 0 unspecified atom stereocenters. The lowest BCUT2D eigenvalue weighted by Crippen LogP contribution is -2.07. The SMILES string of the molecule is CCCn1cc(NC(=O)/C=C/c2ccc(NC(C)=O)cc2)cn1. The van der Waals surface area contributed by atoms with Crippen molar-refractivity contribution in [3.8, 4) is 0 Å². The average Bonchev–Trinajstić information content (AvgIpc) is 2.93. The highest BCUT2D eigenvalue weighted by Crippen LogP contribution is 2.11. The van der Waals surface area contributed by atoms with Gasteiger partial charge in [0.2, 0.25) is 11.8 Å². The van der Waals surface area contributed by atoms with E-state index in [4.69, 9.17) is 0 Å². The van der Waals surface area contributed by atoms with Crippen molar-refractivity contribution in [1.29, 1.82) is 0 Å². The van der Waals surface area contributed by atoms with Gasteiger partial charge in [-0.3, -0.25) is 14.3 Å². The standard InChI is InChI=1S/C17H20N4O2/c1-3-10-21-12-16(11-18-21)20-17(23)9-6-14-4-7-15(8-5-14)19-13(2)22/h4-9,11-12H,3,10H2,1-2H3,(H,19,22)(H,20,23)/b9-6+. The highest BCUT2D eigenvalue weighted by molar-refractivity contribution is 6.01. The first-order chi connectivity index (χ1) is 11.1. The van der Waals surface area contributed by atoms with E-state index in [1.807, 2.05) is 12.1 Å². The summed E-state index contributed by atoms with van der Waals surface area (Å²) >= 11 is 0. The number of hydrogen-bond donors (Lipinski definition) is 2. The van der Waals surface area contributed by atoms with Gasteiger partial charge in [-0.25, -0.2) is 0 Å². The van der Waals surface area contributed by atoms with Gasteiger partial charge in [0.15, 0.2) is 0 Å². The fourth-order valence-electron chi connectivity index (χ4n) is 2.02. The third-order valence-electron chi connectivity index (χ3n) is 3.01. The molecule has 23 heavy (non-hydrogen) atoms. The molecule has 2 amide bonds. The molecule has 0 spiro atoms. The van der Waals surface area contributed by atoms with Crippen LogP contribution in [0.5, 0.6) is 0 Å². The smallest absolute Gasteiger partial charge is 0.248 e. The fourth-order valence-corrected chi connectivity index (χ4v) is 2.02. The molecule has 0 radical (unpaired) electrons. The number of anilines is 2. The van der Waals surface area contributed by atoms with E-state index in [9.17, 15) is 9.59 Å². The lowest BCUT2D eigenvalue weighted by molar-refractivity contribution is -0.114. The van der Waals surface area contributed by atoms with Gasteiger partial charge in [-0.05, 0) is 30.2 Å². The summed E-state index contributed by atoms with van der Waals surface area (Å²) in [6.45, 7) is 4.35. The molecular weight excluding hydrogens is 292 g/mol. The molecule has 2 aromatic rings. The van der Waals surface area contributed by atoms with Gasteiger partial charge in [-0.1, -0.05) is 19.1 Å². The Morgan fingerprint density at radius 3 is 2.57 bits per heavy atom. The zero-order chi connectivity index (χ0) is 16.7. The molecule has 0 atom stereocenters. The van der Waals surface area contributed by atoms with Crippen LogP contribution >= 0.6 is 0 Å². The van der Waals surface area contributed by atoms with Crippen LogP contribution in [-0.2, 0) is 16.1 Å². The molecular formula is C17H20N4O2. The van der Waals surface area contributed by atoms with Crippen LogP contribution in [0, 0.1) is 0 Å². The third kappa shape index (κ3) is 5.43. The maximum atomic E-state index is 11.9. The summed E-state index contributed by atoms with van der Waals surface area (Å²) in [7, 11) is 0. The number of hydrogen-bond acceptors (Lipinski definition) is 3. The molecule has 1 aromatic heterocycles. The Labute approximate surface area is 135 Å². The zero-order valence-corrected chi connectivity index (χ0v) is 13.2. The normalized spacial score (nSPS) is 10.7. The van der Waals surface area contributed by atoms with E-state index in [0.29, 0.717) is 5.69 Å². The van der Waals surface area contributed by atoms with Crippen LogP contribution in [0.2, 0.25) is 0 Å². The number of aryl methyl sites for hydroxylation is 1. The largest absolute Gasteiger partial charge is 0.326 e. The van der Waals surface area contributed by atoms with Gasteiger partial charge >= 0.3 is 0 Å². The van der Waals surface area contributed by atoms with Crippen molar-refractivity contribution in [3.63, 3.8) is 0 Å². The molecule has 120 valence electrons. The Morgan fingerprint density at radius 2 is 1.91 bits per heavy atom. The molecule has 1 heterocycles. The van der Waals surface area contributed by atoms with E-state index in [2.05, 4.69) is 22.7 Å². The Bertz CT molecular complexity index is 702. The van der Waals surface area contributed by atoms with Crippen molar-refractivity contribution in [2.24, 2.45) is 0 Å². The molecule has 2 N–H and O–H groups in total. The molecule has 0 aliphatic carbocycles. The quantitative estimate of drug-likeness (QED) is 0.805. The number of benzene rings is 1. The van der Waals surface area contributed by atoms with Crippen LogP contribution in [-0.4, -0.2) is 21.6 Å². The minimum atomic E-state index is -0.216. The number of aromatic nitrogens is 2. The predicted octanol–water partition coefficient (Wildman–Crippen LogP) is 2.90. The molecule has 0 aliphatic rings. The van der Waals surface area contributed by atoms with Crippen molar-refractivity contribution in [1.82, 2.24) is 9.78 Å². The second-order valence-electron chi connectivity index (χ2n) is 5.12. The van der Waals surface area contributed by atoms with Crippen molar-refractivity contribution in [2.45, 2.75) is 26.8 Å². The first-order valence-electron chi connectivity index (χ1n) is 7.46. The molecule has 0 fully saturated rings. The molecule has 6 heteroatoms. The number of rotatable bonds is 6. The minimum Gasteiger partial charge on any atom is -0.326 e. The minimum absolute atomic E-state index is 0.115. The third-order valence-corrected chi connectivity index (χ3v) is 3.01. The number of carbonyl (C=O) groups is 2. The summed E-state index contributed by atoms with van der Waals surface area (Å²) in [6, 6.07) is 7.23. The van der Waals surface area contributed by atoms with Crippen LogP contribution < -0.4 is 10.6 Å². The summed E-state index contributed by atoms with van der Waals surface area (Å²) in [5, 5.41) is 9.61. The van der Waals surface area contributed by atoms with Crippen molar-refractivity contribution >= 4 is 29.3 Å². The molecule has 0 saturated carbocycles. The molecule has 1 aromatic carbocycles. The lowest BCUT2D eigenvalue weighted by Gasteiger charge is -2.01. The van der Waals surface area contributed by atoms with Gasteiger partial charge in [0, 0.05) is 31.4 Å². The number of nitrogens with one attached hydrogen (secondary N) is 2. The van der Waals surface area contributed by atoms with Crippen LogP contribution in [0.1, 0.15) is 25.8 Å². The molecule has 0 bridgehead atoms. The van der Waals surface area contributed by atoms with E-state index in [1.165, 1.54) is 13.0 Å². The van der Waals surface area contributed by atoms with Crippen LogP contribution in [0.3, 0.4) is 0 Å². The van der Waals surface area contributed by atoms with Gasteiger partial charge in [0.1, 0.15) is 0 Å². The summed E-state index contributed by atoms with van der Waals surface area (Å²) in [5.41, 5.74) is 2.27. The van der Waals surface area contributed by atoms with Gasteiger partial charge < -0.3 is 10.6 Å². The topological polar surface area (TPSA) is 76.0 Å². The Balaban J connectivity index is 1.90. The van der Waals surface area contributed by atoms with E-state index in [-0.39, 0.29) is 11.8 Å². The van der Waals surface area contributed by atoms with Crippen molar-refractivity contribution in [3.05, 3.63) is 48.3 Å². The Hall–Kier alpha value is -2.89. The lowest BCUT2D eigenvalue weighted by atomic mass is 10.2. The van der Waals surface area contributed by atoms with Crippen molar-refractivity contribution < 1.29 is 9.59 Å². The molecule has 0 saturated heterocycles. The fraction of sp³-hybridized carbons (Fsp3) is 0.235. The Kier molecular flexibility index (Phi) is 5.68. The van der Waals surface area contributed by atoms with Gasteiger partial charge in [0.05, 0.1) is 11.9 Å². The van der Waals surface area contributed by atoms with Crippen LogP contribution in [0.25, 0.3) is 6.08 Å². The van der Waals surface area contributed by atoms with Gasteiger partial charge in [0.25, 0.3) is 0 Å². The first kappa shape index (κ1) is 16.5. The number of nitrogens with zero attached hydrogens (tertiary/aromatic N) is 2. The van der Waals surface area contributed by atoms with E-state index >= 15 is 0 Å². The molecule has 0 aliphatic heterocycles. The summed E-state index contributed by atoms with van der Waals surface area (Å²) in [5.74, 6) is -0.330. The van der Waals surface area contributed by atoms with E-state index in [0.717, 1.165) is 24.2 Å². The molecule has 6 nitrogen and oxygen atoms in total. The second kappa shape index (κ2) is 7.93. The summed E-state index contributed by atoms with van der Waals surface area (Å²) < 4.78 is 1.79. The van der Waals surface area contributed by atoms with Gasteiger partial charge in [-0.15, -0.1) is 0 Å². The summed E-state index contributed by atoms with van der Waals surface area (Å²) in [4.78, 5) is 22.8. The average molecular weight is 312 g/mol. The van der Waals surface area contributed by atoms with Crippen LogP contribution in [0.15, 0.2) is 42.7 Å². The zero-order valence-electron chi connectivity index (χ0n) is 13.2. The maximum Gasteiger partial charge on any atom is 0.248 e. The predicted molar refractivity (Wildman–Crippen MR) is 90.9 cm³/mol. The van der Waals surface area contributed by atoms with E-state index < -0.39 is 0 Å².